The number of ether oxygens (including phenoxy) is 2. The summed E-state index contributed by atoms with van der Waals surface area (Å²) >= 11 is 0. The van der Waals surface area contributed by atoms with Crippen LogP contribution in [0.4, 0.5) is 30.2 Å². The zero-order valence-corrected chi connectivity index (χ0v) is 49.7. The number of carbonyl (C=O) groups excluding carboxylic acids is 6. The van der Waals surface area contributed by atoms with E-state index >= 15 is 8.78 Å². The van der Waals surface area contributed by atoms with Crippen LogP contribution < -0.4 is 36.8 Å². The molecule has 0 spiro atoms. The van der Waals surface area contributed by atoms with Crippen LogP contribution >= 0.6 is 37.2 Å². The molecule has 0 radical (unpaired) electrons. The van der Waals surface area contributed by atoms with E-state index in [0.29, 0.717) is 75.1 Å². The number of para-hydroxylation sites is 1. The lowest BCUT2D eigenvalue weighted by atomic mass is 9.83. The number of piperazine rings is 1. The lowest BCUT2D eigenvalue weighted by Crippen LogP contribution is -2.59. The van der Waals surface area contributed by atoms with Gasteiger partial charge in [-0.2, -0.15) is 0 Å². The largest absolute Gasteiger partial charge is 0.381 e. The Morgan fingerprint density at radius 3 is 2.25 bits per heavy atom. The van der Waals surface area contributed by atoms with Crippen molar-refractivity contribution < 1.29 is 51.4 Å². The first kappa shape index (κ1) is 66.3. The molecule has 24 heteroatoms. The van der Waals surface area contributed by atoms with Gasteiger partial charge in [0.1, 0.15) is 35.2 Å². The molecule has 9 rings (SSSR count). The Bertz CT molecular complexity index is 2940. The highest BCUT2D eigenvalue weighted by Crippen LogP contribution is 2.43. The number of morpholine rings is 1. The van der Waals surface area contributed by atoms with Crippen LogP contribution in [0.3, 0.4) is 0 Å². The zero-order chi connectivity index (χ0) is 56.8. The summed E-state index contributed by atoms with van der Waals surface area (Å²) in [7, 11) is 1.61. The van der Waals surface area contributed by atoms with Crippen molar-refractivity contribution in [2.75, 3.05) is 94.8 Å². The fraction of sp³-hybridized carbons (Fsp3) is 0.492. The van der Waals surface area contributed by atoms with Gasteiger partial charge in [0.25, 0.3) is 5.91 Å². The van der Waals surface area contributed by atoms with Gasteiger partial charge in [-0.15, -0.1) is 37.2 Å². The van der Waals surface area contributed by atoms with Gasteiger partial charge in [-0.05, 0) is 137 Å². The molecule has 5 aliphatic heterocycles. The highest BCUT2D eigenvalue weighted by atomic mass is 35.5. The number of hydrogen-bond acceptors (Lipinski definition) is 12. The first-order valence-corrected chi connectivity index (χ1v) is 27.7. The van der Waals surface area contributed by atoms with Crippen LogP contribution in [-0.4, -0.2) is 160 Å². The van der Waals surface area contributed by atoms with Crippen molar-refractivity contribution in [1.82, 2.24) is 36.0 Å². The van der Waals surface area contributed by atoms with Gasteiger partial charge in [0.15, 0.2) is 0 Å². The van der Waals surface area contributed by atoms with Crippen molar-refractivity contribution >= 4 is 89.7 Å². The predicted molar refractivity (Wildman–Crippen MR) is 317 cm³/mol. The van der Waals surface area contributed by atoms with Gasteiger partial charge in [0, 0.05) is 82.0 Å². The fourth-order valence-electron chi connectivity index (χ4n) is 11.7. The third-order valence-electron chi connectivity index (χ3n) is 16.5. The highest BCUT2D eigenvalue weighted by molar-refractivity contribution is 6.05. The summed E-state index contributed by atoms with van der Waals surface area (Å²) < 4.78 is 55.2. The molecule has 6 N–H and O–H groups in total. The molecule has 5 heterocycles. The molecule has 3 saturated heterocycles. The van der Waals surface area contributed by atoms with E-state index in [4.69, 9.17) is 9.47 Å². The molecule has 4 aromatic carbocycles. The first-order valence-electron chi connectivity index (χ1n) is 27.7. The average molecular weight is 1220 g/mol. The van der Waals surface area contributed by atoms with Gasteiger partial charge < -0.3 is 51.2 Å². The minimum Gasteiger partial charge on any atom is -0.381 e. The van der Waals surface area contributed by atoms with Crippen LogP contribution in [0.2, 0.25) is 0 Å². The molecule has 0 aliphatic carbocycles. The number of rotatable bonds is 18. The van der Waals surface area contributed by atoms with Crippen LogP contribution in [0.15, 0.2) is 78.9 Å². The number of halogens is 6. The fourth-order valence-corrected chi connectivity index (χ4v) is 11.7. The normalized spacial score (nSPS) is 22.3. The zero-order valence-electron chi connectivity index (χ0n) is 47.3. The second-order valence-corrected chi connectivity index (χ2v) is 22.2. The summed E-state index contributed by atoms with van der Waals surface area (Å²) in [4.78, 5) is 93.4. The third-order valence-corrected chi connectivity index (χ3v) is 16.5. The summed E-state index contributed by atoms with van der Waals surface area (Å²) in [5.74, 6) is -6.03. The van der Waals surface area contributed by atoms with E-state index in [9.17, 15) is 33.2 Å². The Labute approximate surface area is 501 Å². The standard InChI is InChI=1S/C59H73F3N10O8.3ClH/c1-35-30-70(44(28-64-35)17-20-69-21-24-80-33-36(69)2)32-51(74)72-34-59(4,46-16-11-39(26-49(46)72)25-38-9-13-42(60)14-10-38)58(78)65-29-50(73)66-43-15-12-41-31-71(54(45(41)27-43)56(76)68-53-47(61)7-6-8-48(53)62)57(77)52(40-18-22-79-23-19-40)67-55(75)37(3)63-5;;;/h6-16,26-27,35-37,40,44,52,54,63-64H,17-25,28-34H2,1-5H3,(H,65,78)(H,66,73)(H,67,75)(H,68,76);3*1H/t35-,36-,37+,44-,52+,54+,59+;;;/m1.../s1. The number of nitrogens with one attached hydrogen (secondary N) is 6. The van der Waals surface area contributed by atoms with Crippen LogP contribution in [-0.2, 0) is 56.6 Å². The monoisotopic (exact) mass is 1210 g/mol. The number of fused-ring (bicyclic) bond motifs is 2. The maximum Gasteiger partial charge on any atom is 0.252 e. The second-order valence-electron chi connectivity index (χ2n) is 22.2. The van der Waals surface area contributed by atoms with E-state index in [0.717, 1.165) is 55.4 Å². The van der Waals surface area contributed by atoms with Gasteiger partial charge in [-0.1, -0.05) is 36.4 Å². The van der Waals surface area contributed by atoms with E-state index < -0.39 is 76.9 Å². The molecule has 0 saturated carbocycles. The first-order chi connectivity index (χ1) is 38.4. The second kappa shape index (κ2) is 29.3. The Morgan fingerprint density at radius 1 is 0.843 bits per heavy atom. The quantitative estimate of drug-likeness (QED) is 0.0717. The number of hydrogen-bond donors (Lipinski definition) is 6. The molecule has 7 atom stereocenters. The minimum absolute atomic E-state index is 0. The summed E-state index contributed by atoms with van der Waals surface area (Å²) in [5.41, 5.74) is 1.88. The number of nitrogens with zero attached hydrogens (tertiary/aromatic N) is 4. The van der Waals surface area contributed by atoms with Crippen LogP contribution in [0.25, 0.3) is 0 Å². The number of likely N-dealkylation sites (N-methyl/N-ethyl adjacent to an activating group) is 1. The van der Waals surface area contributed by atoms with Crippen molar-refractivity contribution in [1.29, 1.82) is 0 Å². The SMILES string of the molecule is CN[C@@H](C)C(=O)N[C@H](C(=O)N1Cc2ccc(NC(=O)CNC(=O)[C@@]3(C)CN(C(=O)CN4C[C@@H](C)NC[C@H]4CCN4CCOC[C@H]4C)c4cc(Cc5ccc(F)cc5)ccc43)cc2[C@H]1C(=O)Nc1c(F)cccc1F)C1CCOCC1.Cl.Cl.Cl. The summed E-state index contributed by atoms with van der Waals surface area (Å²) in [5, 5.41) is 17.3. The average Bonchev–Trinajstić information content (AvgIpc) is 3.35. The molecule has 83 heavy (non-hydrogen) atoms. The molecule has 5 aliphatic rings. The van der Waals surface area contributed by atoms with Crippen LogP contribution in [0, 0.1) is 23.4 Å². The van der Waals surface area contributed by atoms with E-state index in [-0.39, 0.29) is 97.8 Å². The Balaban J connectivity index is 0.00000369. The number of amides is 6. The molecule has 6 amide bonds. The number of carbonyl (C=O) groups is 6. The highest BCUT2D eigenvalue weighted by Gasteiger charge is 2.48. The van der Waals surface area contributed by atoms with Gasteiger partial charge >= 0.3 is 0 Å². The van der Waals surface area contributed by atoms with E-state index in [2.05, 4.69) is 55.5 Å². The summed E-state index contributed by atoms with van der Waals surface area (Å²) in [6.07, 6.45) is 2.20. The van der Waals surface area contributed by atoms with Gasteiger partial charge in [-0.25, -0.2) is 13.2 Å². The predicted octanol–water partition coefficient (Wildman–Crippen LogP) is 5.63. The topological polar surface area (TPSA) is 206 Å². The number of benzene rings is 4. The molecule has 0 bridgehead atoms. The maximum atomic E-state index is 15.0. The Kier molecular flexibility index (Phi) is 23.4. The molecular formula is C59H76Cl3F3N10O8. The lowest BCUT2D eigenvalue weighted by Gasteiger charge is -2.41. The Hall–Kier alpha value is -5.88. The molecule has 452 valence electrons. The Morgan fingerprint density at radius 2 is 1.55 bits per heavy atom. The van der Waals surface area contributed by atoms with E-state index in [1.165, 1.54) is 23.1 Å². The van der Waals surface area contributed by atoms with Gasteiger partial charge in [0.05, 0.1) is 37.8 Å². The molecule has 0 aromatic heterocycles. The van der Waals surface area contributed by atoms with Gasteiger partial charge in [0.2, 0.25) is 29.5 Å². The van der Waals surface area contributed by atoms with E-state index in [1.807, 2.05) is 18.2 Å². The third kappa shape index (κ3) is 15.3. The smallest absolute Gasteiger partial charge is 0.252 e. The maximum absolute atomic E-state index is 15.0. The van der Waals surface area contributed by atoms with Crippen molar-refractivity contribution in [2.24, 2.45) is 5.92 Å². The van der Waals surface area contributed by atoms with Crippen molar-refractivity contribution in [2.45, 2.75) is 102 Å². The van der Waals surface area contributed by atoms with E-state index in [1.54, 1.807) is 50.1 Å². The molecule has 4 aromatic rings. The molecule has 0 unspecified atom stereocenters. The molecule has 3 fully saturated rings. The molecular weight excluding hydrogens is 1140 g/mol. The van der Waals surface area contributed by atoms with Crippen molar-refractivity contribution in [3.63, 3.8) is 0 Å². The van der Waals surface area contributed by atoms with Crippen LogP contribution in [0.5, 0.6) is 0 Å². The lowest BCUT2D eigenvalue weighted by molar-refractivity contribution is -0.144. The summed E-state index contributed by atoms with van der Waals surface area (Å²) in [6, 6.07) is 17.1. The molecule has 18 nitrogen and oxygen atoms in total. The number of anilines is 3. The van der Waals surface area contributed by atoms with Crippen molar-refractivity contribution in [3.8, 4) is 0 Å². The van der Waals surface area contributed by atoms with Crippen molar-refractivity contribution in [3.05, 3.63) is 124 Å². The van der Waals surface area contributed by atoms with Crippen LogP contribution in [0.1, 0.15) is 80.8 Å². The minimum atomic E-state index is -1.46. The summed E-state index contributed by atoms with van der Waals surface area (Å²) in [6.45, 7) is 12.3. The van der Waals surface area contributed by atoms with Gasteiger partial charge in [-0.3, -0.25) is 38.6 Å².